The molecule has 17 heavy (non-hydrogen) atoms. The van der Waals surface area contributed by atoms with Crippen molar-refractivity contribution in [3.8, 4) is 0 Å². The Kier molecular flexibility index (Phi) is 6.45. The molecular weight excluding hydrogens is 212 g/mol. The van der Waals surface area contributed by atoms with Gasteiger partial charge in [-0.15, -0.1) is 0 Å². The number of nitrogens with one attached hydrogen (secondary N) is 1. The lowest BCUT2D eigenvalue weighted by molar-refractivity contribution is 0.0813. The van der Waals surface area contributed by atoms with E-state index in [1.807, 2.05) is 0 Å². The molecule has 3 heteroatoms. The van der Waals surface area contributed by atoms with Crippen LogP contribution >= 0.6 is 0 Å². The topological polar surface area (TPSA) is 24.5 Å². The molecule has 3 nitrogen and oxygen atoms in total. The minimum atomic E-state index is 0.507. The van der Waals surface area contributed by atoms with E-state index in [2.05, 4.69) is 31.1 Å². The van der Waals surface area contributed by atoms with Crippen LogP contribution in [0.2, 0.25) is 0 Å². The monoisotopic (exact) mass is 242 g/mol. The third kappa shape index (κ3) is 4.57. The number of hydrogen-bond donors (Lipinski definition) is 1. The summed E-state index contributed by atoms with van der Waals surface area (Å²) in [6, 6.07) is 0.513. The molecule has 1 rings (SSSR count). The van der Waals surface area contributed by atoms with Crippen molar-refractivity contribution in [2.75, 3.05) is 40.4 Å². The molecule has 1 aliphatic rings. The maximum absolute atomic E-state index is 5.25. The molecule has 1 N–H and O–H groups in total. The normalized spacial score (nSPS) is 21.0. The number of nitrogens with zero attached hydrogens (tertiary/aromatic N) is 1. The molecule has 0 heterocycles. The van der Waals surface area contributed by atoms with Crippen molar-refractivity contribution in [3.05, 3.63) is 0 Å². The number of rotatable bonds is 8. The summed E-state index contributed by atoms with van der Waals surface area (Å²) in [5, 5.41) is 3.55. The van der Waals surface area contributed by atoms with E-state index in [1.54, 1.807) is 7.11 Å². The molecule has 0 bridgehead atoms. The molecule has 1 unspecified atom stereocenters. The summed E-state index contributed by atoms with van der Waals surface area (Å²) in [6.45, 7) is 8.73. The highest BCUT2D eigenvalue weighted by Gasteiger charge is 2.35. The van der Waals surface area contributed by atoms with Crippen LogP contribution in [0.25, 0.3) is 0 Å². The van der Waals surface area contributed by atoms with Crippen LogP contribution in [-0.4, -0.2) is 51.3 Å². The van der Waals surface area contributed by atoms with Gasteiger partial charge in [0, 0.05) is 26.2 Å². The molecule has 1 atom stereocenters. The van der Waals surface area contributed by atoms with Crippen LogP contribution in [0, 0.1) is 5.41 Å². The molecule has 1 saturated carbocycles. The van der Waals surface area contributed by atoms with Gasteiger partial charge in [0.05, 0.1) is 6.61 Å². The van der Waals surface area contributed by atoms with Gasteiger partial charge in [0.2, 0.25) is 0 Å². The summed E-state index contributed by atoms with van der Waals surface area (Å²) >= 11 is 0. The first-order valence-corrected chi connectivity index (χ1v) is 7.03. The summed E-state index contributed by atoms with van der Waals surface area (Å²) in [4.78, 5) is 2.46. The number of ether oxygens (including phenoxy) is 1. The van der Waals surface area contributed by atoms with Crippen molar-refractivity contribution >= 4 is 0 Å². The Morgan fingerprint density at radius 3 is 2.53 bits per heavy atom. The van der Waals surface area contributed by atoms with Crippen LogP contribution in [0.4, 0.5) is 0 Å². The molecule has 1 fully saturated rings. The fraction of sp³-hybridized carbons (Fsp3) is 1.00. The fourth-order valence-corrected chi connectivity index (χ4v) is 2.96. The summed E-state index contributed by atoms with van der Waals surface area (Å²) in [5.74, 6) is 0. The zero-order valence-electron chi connectivity index (χ0n) is 12.1. The lowest BCUT2D eigenvalue weighted by Gasteiger charge is -2.36. The standard InChI is InChI=1S/C14H30N2O/c1-5-15-11-14(8-6-7-9-14)12-16(3)13(2)10-17-4/h13,15H,5-12H2,1-4H3. The number of likely N-dealkylation sites (N-methyl/N-ethyl adjacent to an activating group) is 1. The molecule has 0 aliphatic heterocycles. The summed E-state index contributed by atoms with van der Waals surface area (Å²) in [6.07, 6.45) is 5.56. The van der Waals surface area contributed by atoms with E-state index in [0.29, 0.717) is 11.5 Å². The average molecular weight is 242 g/mol. The summed E-state index contributed by atoms with van der Waals surface area (Å²) in [5.41, 5.74) is 0.507. The molecule has 0 radical (unpaired) electrons. The highest BCUT2D eigenvalue weighted by molar-refractivity contribution is 4.89. The van der Waals surface area contributed by atoms with Gasteiger partial charge in [0.1, 0.15) is 0 Å². The smallest absolute Gasteiger partial charge is 0.0615 e. The van der Waals surface area contributed by atoms with Crippen molar-refractivity contribution in [3.63, 3.8) is 0 Å². The molecule has 0 amide bonds. The maximum Gasteiger partial charge on any atom is 0.0615 e. The minimum Gasteiger partial charge on any atom is -0.383 e. The largest absolute Gasteiger partial charge is 0.383 e. The van der Waals surface area contributed by atoms with Gasteiger partial charge in [0.15, 0.2) is 0 Å². The van der Waals surface area contributed by atoms with E-state index >= 15 is 0 Å². The van der Waals surface area contributed by atoms with E-state index in [1.165, 1.54) is 38.8 Å². The van der Waals surface area contributed by atoms with Gasteiger partial charge in [-0.3, -0.25) is 0 Å². The molecular formula is C14H30N2O. The molecule has 0 aromatic rings. The second-order valence-electron chi connectivity index (χ2n) is 5.71. The van der Waals surface area contributed by atoms with Crippen molar-refractivity contribution in [1.82, 2.24) is 10.2 Å². The van der Waals surface area contributed by atoms with Crippen molar-refractivity contribution < 1.29 is 4.74 Å². The van der Waals surface area contributed by atoms with Crippen molar-refractivity contribution in [2.45, 2.75) is 45.6 Å². The Bertz CT molecular complexity index is 202. The van der Waals surface area contributed by atoms with Crippen LogP contribution in [-0.2, 0) is 4.74 Å². The third-order valence-corrected chi connectivity index (χ3v) is 4.16. The second-order valence-corrected chi connectivity index (χ2v) is 5.71. The van der Waals surface area contributed by atoms with Crippen molar-refractivity contribution in [2.24, 2.45) is 5.41 Å². The highest BCUT2D eigenvalue weighted by Crippen LogP contribution is 2.38. The van der Waals surface area contributed by atoms with Crippen LogP contribution in [0.1, 0.15) is 39.5 Å². The predicted octanol–water partition coefficient (Wildman–Crippen LogP) is 2.12. The zero-order chi connectivity index (χ0) is 12.7. The van der Waals surface area contributed by atoms with Crippen molar-refractivity contribution in [1.29, 1.82) is 0 Å². The first-order valence-electron chi connectivity index (χ1n) is 7.03. The Labute approximate surface area is 107 Å². The van der Waals surface area contributed by atoms with E-state index in [9.17, 15) is 0 Å². The summed E-state index contributed by atoms with van der Waals surface area (Å²) in [7, 11) is 4.02. The third-order valence-electron chi connectivity index (χ3n) is 4.16. The van der Waals surface area contributed by atoms with Crippen LogP contribution in [0.15, 0.2) is 0 Å². The predicted molar refractivity (Wildman–Crippen MR) is 73.4 cm³/mol. The first-order chi connectivity index (χ1) is 8.13. The van der Waals surface area contributed by atoms with Crippen LogP contribution in [0.5, 0.6) is 0 Å². The van der Waals surface area contributed by atoms with Crippen LogP contribution < -0.4 is 5.32 Å². The lowest BCUT2D eigenvalue weighted by Crippen LogP contribution is -2.45. The molecule has 102 valence electrons. The van der Waals surface area contributed by atoms with E-state index in [4.69, 9.17) is 4.74 Å². The maximum atomic E-state index is 5.25. The van der Waals surface area contributed by atoms with E-state index < -0.39 is 0 Å². The van der Waals surface area contributed by atoms with E-state index in [0.717, 1.165) is 13.2 Å². The second kappa shape index (κ2) is 7.34. The Morgan fingerprint density at radius 1 is 1.35 bits per heavy atom. The van der Waals surface area contributed by atoms with E-state index in [-0.39, 0.29) is 0 Å². The van der Waals surface area contributed by atoms with Gasteiger partial charge in [-0.05, 0) is 38.8 Å². The van der Waals surface area contributed by atoms with Gasteiger partial charge in [-0.2, -0.15) is 0 Å². The summed E-state index contributed by atoms with van der Waals surface area (Å²) < 4.78 is 5.25. The average Bonchev–Trinajstić information content (AvgIpc) is 2.76. The zero-order valence-corrected chi connectivity index (χ0v) is 12.1. The molecule has 0 aromatic carbocycles. The SMILES string of the molecule is CCNCC1(CN(C)C(C)COC)CCCC1. The lowest BCUT2D eigenvalue weighted by atomic mass is 9.85. The molecule has 1 aliphatic carbocycles. The van der Waals surface area contributed by atoms with Gasteiger partial charge in [0.25, 0.3) is 0 Å². The number of methoxy groups -OCH3 is 1. The Hall–Kier alpha value is -0.120. The van der Waals surface area contributed by atoms with Crippen LogP contribution in [0.3, 0.4) is 0 Å². The van der Waals surface area contributed by atoms with Gasteiger partial charge in [-0.1, -0.05) is 19.8 Å². The molecule has 0 aromatic heterocycles. The molecule has 0 saturated heterocycles. The molecule has 0 spiro atoms. The van der Waals surface area contributed by atoms with Gasteiger partial charge < -0.3 is 15.0 Å². The van der Waals surface area contributed by atoms with Gasteiger partial charge in [-0.25, -0.2) is 0 Å². The fourth-order valence-electron chi connectivity index (χ4n) is 2.96. The number of hydrogen-bond acceptors (Lipinski definition) is 3. The minimum absolute atomic E-state index is 0.507. The first kappa shape index (κ1) is 14.9. The quantitative estimate of drug-likeness (QED) is 0.705. The van der Waals surface area contributed by atoms with Gasteiger partial charge >= 0.3 is 0 Å². The Balaban J connectivity index is 2.48. The Morgan fingerprint density at radius 2 is 2.00 bits per heavy atom. The highest BCUT2D eigenvalue weighted by atomic mass is 16.5.